The first-order valence-corrected chi connectivity index (χ1v) is 21.2. The van der Waals surface area contributed by atoms with Crippen molar-refractivity contribution in [3.63, 3.8) is 0 Å². The van der Waals surface area contributed by atoms with Gasteiger partial charge in [-0.05, 0) is 34.5 Å². The van der Waals surface area contributed by atoms with Crippen LogP contribution in [0.3, 0.4) is 0 Å². The molecule has 0 spiro atoms. The van der Waals surface area contributed by atoms with Gasteiger partial charge in [0.15, 0.2) is 0 Å². The SMILES string of the molecule is CC(C)(C)c1nccc2c1nc(-c1[c-]ccc3c1oc1c4ccccc4ccc31)n2-c1ccccc1.C[Si](C)(C)c1ccc(-c2[c-]cccc2)nc1.[Ir]. The minimum absolute atomic E-state index is 0. The number of aromatic nitrogens is 4. The van der Waals surface area contributed by atoms with Gasteiger partial charge in [-0.15, -0.1) is 54.1 Å². The van der Waals surface area contributed by atoms with Crippen LogP contribution in [-0.4, -0.2) is 27.6 Å². The van der Waals surface area contributed by atoms with E-state index in [1.165, 1.54) is 5.19 Å². The Morgan fingerprint density at radius 3 is 2.15 bits per heavy atom. The van der Waals surface area contributed by atoms with Crippen molar-refractivity contribution >= 4 is 57.0 Å². The van der Waals surface area contributed by atoms with Crippen LogP contribution in [0.2, 0.25) is 19.6 Å². The van der Waals surface area contributed by atoms with E-state index >= 15 is 0 Å². The topological polar surface area (TPSA) is 56.7 Å². The van der Waals surface area contributed by atoms with Crippen molar-refractivity contribution in [2.45, 2.75) is 45.8 Å². The summed E-state index contributed by atoms with van der Waals surface area (Å²) in [6.45, 7) is 13.5. The third kappa shape index (κ3) is 6.88. The van der Waals surface area contributed by atoms with Crippen LogP contribution < -0.4 is 5.19 Å². The van der Waals surface area contributed by atoms with Gasteiger partial charge in [0.2, 0.25) is 0 Å². The molecule has 0 bridgehead atoms. The number of benzene rings is 5. The summed E-state index contributed by atoms with van der Waals surface area (Å²) < 4.78 is 8.83. The van der Waals surface area contributed by atoms with Gasteiger partial charge in [-0.2, -0.15) is 0 Å². The van der Waals surface area contributed by atoms with Crippen LogP contribution in [0.1, 0.15) is 26.5 Å². The van der Waals surface area contributed by atoms with Crippen LogP contribution in [0.5, 0.6) is 0 Å². The Morgan fingerprint density at radius 2 is 1.43 bits per heavy atom. The van der Waals surface area contributed by atoms with Crippen molar-refractivity contribution in [1.82, 2.24) is 19.5 Å². The number of hydrogen-bond donors (Lipinski definition) is 0. The average Bonchev–Trinajstić information content (AvgIpc) is 3.74. The Bertz CT molecular complexity index is 2690. The summed E-state index contributed by atoms with van der Waals surface area (Å²) in [7, 11) is -1.23. The second kappa shape index (κ2) is 14.3. The van der Waals surface area contributed by atoms with E-state index in [1.54, 1.807) is 0 Å². The zero-order valence-corrected chi connectivity index (χ0v) is 34.1. The van der Waals surface area contributed by atoms with Gasteiger partial charge in [0, 0.05) is 54.4 Å². The molecule has 53 heavy (non-hydrogen) atoms. The maximum atomic E-state index is 6.64. The van der Waals surface area contributed by atoms with E-state index < -0.39 is 8.07 Å². The standard InChI is InChI=1S/C32H24N3O.C14H16NSi.Ir/c1-32(2,3)30-27-26(18-19-33-30)35(21-11-5-4-6-12-21)31(34-27)25-15-9-14-23-24-17-16-20-10-7-8-13-22(20)28(24)36-29(23)25;1-16(2,3)13-9-10-14(15-11-13)12-7-5-4-6-8-12;/h4-14,16-19H,1-3H3;4-7,9-11H,1-3H3;/q2*-1;. The molecule has 0 saturated carbocycles. The van der Waals surface area contributed by atoms with Gasteiger partial charge >= 0.3 is 0 Å². The van der Waals surface area contributed by atoms with E-state index in [0.717, 1.165) is 77.8 Å². The van der Waals surface area contributed by atoms with Crippen LogP contribution in [0, 0.1) is 12.1 Å². The van der Waals surface area contributed by atoms with Gasteiger partial charge in [0.25, 0.3) is 0 Å². The Balaban J connectivity index is 0.000000216. The molecule has 0 amide bonds. The fraction of sp³-hybridized carbons (Fsp3) is 0.152. The molecule has 0 aliphatic rings. The maximum Gasteiger partial charge on any atom is 0.128 e. The molecule has 265 valence electrons. The predicted molar refractivity (Wildman–Crippen MR) is 218 cm³/mol. The van der Waals surface area contributed by atoms with Crippen molar-refractivity contribution in [2.24, 2.45) is 0 Å². The third-order valence-corrected chi connectivity index (χ3v) is 11.5. The number of fused-ring (bicyclic) bond motifs is 6. The van der Waals surface area contributed by atoms with E-state index in [2.05, 4.69) is 141 Å². The minimum atomic E-state index is -1.23. The number of imidazole rings is 1. The molecule has 1 radical (unpaired) electrons. The van der Waals surface area contributed by atoms with Crippen molar-refractivity contribution in [1.29, 1.82) is 0 Å². The summed E-state index contributed by atoms with van der Waals surface area (Å²) in [6.07, 6.45) is 3.90. The molecule has 0 aliphatic heterocycles. The normalized spacial score (nSPS) is 11.8. The quantitative estimate of drug-likeness (QED) is 0.131. The number of furan rings is 1. The average molecular weight is 885 g/mol. The predicted octanol–water partition coefficient (Wildman–Crippen LogP) is 11.3. The summed E-state index contributed by atoms with van der Waals surface area (Å²) in [6, 6.07) is 48.0. The zero-order chi connectivity index (χ0) is 36.0. The Labute approximate surface area is 325 Å². The molecule has 0 atom stereocenters. The number of pyridine rings is 2. The molecule has 9 aromatic rings. The minimum Gasteiger partial charge on any atom is -0.500 e. The van der Waals surface area contributed by atoms with Gasteiger partial charge < -0.3 is 14.0 Å². The summed E-state index contributed by atoms with van der Waals surface area (Å²) in [5.41, 5.74) is 8.36. The molecule has 0 unspecified atom stereocenters. The number of hydrogen-bond acceptors (Lipinski definition) is 4. The van der Waals surface area contributed by atoms with Crippen molar-refractivity contribution in [3.8, 4) is 28.3 Å². The molecule has 0 N–H and O–H groups in total. The fourth-order valence-corrected chi connectivity index (χ4v) is 7.78. The van der Waals surface area contributed by atoms with E-state index in [4.69, 9.17) is 14.4 Å². The van der Waals surface area contributed by atoms with E-state index in [1.807, 2.05) is 54.9 Å². The Kier molecular flexibility index (Phi) is 9.77. The molecule has 4 aromatic heterocycles. The van der Waals surface area contributed by atoms with Crippen LogP contribution in [-0.2, 0) is 25.5 Å². The molecule has 5 nitrogen and oxygen atoms in total. The third-order valence-electron chi connectivity index (χ3n) is 9.46. The molecular weight excluding hydrogens is 845 g/mol. The number of nitrogens with zero attached hydrogens (tertiary/aromatic N) is 4. The summed E-state index contributed by atoms with van der Waals surface area (Å²) in [4.78, 5) is 14.5. The maximum absolute atomic E-state index is 6.64. The molecule has 0 fully saturated rings. The Hall–Kier alpha value is -5.20. The van der Waals surface area contributed by atoms with E-state index in [9.17, 15) is 0 Å². The monoisotopic (exact) mass is 885 g/mol. The first kappa shape index (κ1) is 36.2. The van der Waals surface area contributed by atoms with Crippen molar-refractivity contribution in [3.05, 3.63) is 152 Å². The smallest absolute Gasteiger partial charge is 0.128 e. The molecule has 4 heterocycles. The van der Waals surface area contributed by atoms with Gasteiger partial charge in [0.1, 0.15) is 5.58 Å². The largest absolute Gasteiger partial charge is 0.500 e. The molecule has 5 aromatic carbocycles. The van der Waals surface area contributed by atoms with Crippen LogP contribution >= 0.6 is 0 Å². The van der Waals surface area contributed by atoms with E-state index in [-0.39, 0.29) is 25.5 Å². The second-order valence-electron chi connectivity index (χ2n) is 15.2. The van der Waals surface area contributed by atoms with E-state index in [0.29, 0.717) is 0 Å². The van der Waals surface area contributed by atoms with Gasteiger partial charge in [-0.3, -0.25) is 9.97 Å². The van der Waals surface area contributed by atoms with Crippen LogP contribution in [0.4, 0.5) is 0 Å². The first-order chi connectivity index (χ1) is 25.1. The number of rotatable bonds is 4. The zero-order valence-electron chi connectivity index (χ0n) is 30.7. The first-order valence-electron chi connectivity index (χ1n) is 17.7. The summed E-state index contributed by atoms with van der Waals surface area (Å²) >= 11 is 0. The number of para-hydroxylation sites is 1. The van der Waals surface area contributed by atoms with Gasteiger partial charge in [-0.25, -0.2) is 0 Å². The van der Waals surface area contributed by atoms with Crippen molar-refractivity contribution < 1.29 is 24.5 Å². The fourth-order valence-electron chi connectivity index (χ4n) is 6.74. The Morgan fingerprint density at radius 1 is 0.679 bits per heavy atom. The second-order valence-corrected chi connectivity index (χ2v) is 20.3. The van der Waals surface area contributed by atoms with Gasteiger partial charge in [0.05, 0.1) is 36.2 Å². The summed E-state index contributed by atoms with van der Waals surface area (Å²) in [5.74, 6) is 0.795. The van der Waals surface area contributed by atoms with Gasteiger partial charge in [-0.1, -0.05) is 118 Å². The summed E-state index contributed by atoms with van der Waals surface area (Å²) in [5, 5.41) is 5.82. The molecule has 0 saturated heterocycles. The molecule has 0 aliphatic carbocycles. The van der Waals surface area contributed by atoms with Crippen LogP contribution in [0.15, 0.2) is 138 Å². The molecule has 7 heteroatoms. The van der Waals surface area contributed by atoms with Crippen molar-refractivity contribution in [2.75, 3.05) is 0 Å². The molecule has 9 rings (SSSR count). The molecular formula is C46H40IrN4OSi-2. The van der Waals surface area contributed by atoms with Crippen LogP contribution in [0.25, 0.3) is 72.1 Å².